The van der Waals surface area contributed by atoms with E-state index >= 15 is 0 Å². The summed E-state index contributed by atoms with van der Waals surface area (Å²) in [6.07, 6.45) is -0.495. The summed E-state index contributed by atoms with van der Waals surface area (Å²) in [6, 6.07) is 0. The molecule has 17 heavy (non-hydrogen) atoms. The molecule has 0 bridgehead atoms. The van der Waals surface area contributed by atoms with Gasteiger partial charge < -0.3 is 15.3 Å². The molecule has 0 aromatic carbocycles. The second-order valence-electron chi connectivity index (χ2n) is 5.13. The fraction of sp³-hybridized carbons (Fsp3) is 0.727. The van der Waals surface area contributed by atoms with E-state index in [2.05, 4.69) is 0 Å². The Morgan fingerprint density at radius 3 is 1.71 bits per heavy atom. The van der Waals surface area contributed by atoms with Gasteiger partial charge in [-0.3, -0.25) is 14.4 Å². The number of carboxylic acids is 3. The molecule has 0 amide bonds. The van der Waals surface area contributed by atoms with E-state index in [1.165, 1.54) is 20.8 Å². The van der Waals surface area contributed by atoms with Crippen LogP contribution in [0.5, 0.6) is 0 Å². The summed E-state index contributed by atoms with van der Waals surface area (Å²) < 4.78 is 0. The third-order valence-corrected chi connectivity index (χ3v) is 2.82. The molecule has 0 aromatic rings. The van der Waals surface area contributed by atoms with Crippen molar-refractivity contribution < 1.29 is 29.7 Å². The first kappa shape index (κ1) is 15.4. The fourth-order valence-corrected chi connectivity index (χ4v) is 1.70. The van der Waals surface area contributed by atoms with Crippen LogP contribution in [0.15, 0.2) is 0 Å². The summed E-state index contributed by atoms with van der Waals surface area (Å²) in [5.41, 5.74) is -2.55. The highest BCUT2D eigenvalue weighted by Crippen LogP contribution is 2.38. The Labute approximate surface area is 99.3 Å². The van der Waals surface area contributed by atoms with Crippen LogP contribution < -0.4 is 0 Å². The molecule has 0 radical (unpaired) electrons. The minimum absolute atomic E-state index is 0.0889. The number of carboxylic acid groups (broad SMARTS) is 3. The van der Waals surface area contributed by atoms with Gasteiger partial charge in [0.05, 0.1) is 10.8 Å². The second-order valence-corrected chi connectivity index (χ2v) is 5.13. The van der Waals surface area contributed by atoms with Crippen LogP contribution in [0, 0.1) is 10.8 Å². The molecule has 0 spiro atoms. The van der Waals surface area contributed by atoms with Gasteiger partial charge in [-0.2, -0.15) is 0 Å². The average Bonchev–Trinajstić information content (AvgIpc) is 2.13. The van der Waals surface area contributed by atoms with Crippen molar-refractivity contribution in [2.75, 3.05) is 0 Å². The molecule has 0 heterocycles. The van der Waals surface area contributed by atoms with Gasteiger partial charge in [-0.1, -0.05) is 0 Å². The Morgan fingerprint density at radius 1 is 0.941 bits per heavy atom. The smallest absolute Gasteiger partial charge is 0.309 e. The van der Waals surface area contributed by atoms with Crippen LogP contribution in [-0.2, 0) is 14.4 Å². The van der Waals surface area contributed by atoms with Crippen molar-refractivity contribution in [1.82, 2.24) is 0 Å². The largest absolute Gasteiger partial charge is 0.481 e. The molecule has 1 atom stereocenters. The third-order valence-electron chi connectivity index (χ3n) is 2.82. The SMILES string of the molecule is CC(C)(CC(C)(CCC(=O)O)C(=O)O)C(=O)O. The molecule has 1 unspecified atom stereocenters. The van der Waals surface area contributed by atoms with Gasteiger partial charge in [-0.25, -0.2) is 0 Å². The molecule has 0 rings (SSSR count). The molecule has 0 aliphatic heterocycles. The number of aliphatic carboxylic acids is 3. The Kier molecular flexibility index (Phi) is 4.68. The van der Waals surface area contributed by atoms with Crippen molar-refractivity contribution in [3.63, 3.8) is 0 Å². The summed E-state index contributed by atoms with van der Waals surface area (Å²) in [7, 11) is 0. The van der Waals surface area contributed by atoms with Crippen molar-refractivity contribution in [3.05, 3.63) is 0 Å². The van der Waals surface area contributed by atoms with Crippen LogP contribution in [0.2, 0.25) is 0 Å². The number of carbonyl (C=O) groups is 3. The Morgan fingerprint density at radius 2 is 1.41 bits per heavy atom. The summed E-state index contributed by atoms with van der Waals surface area (Å²) in [5.74, 6) is -3.36. The quantitative estimate of drug-likeness (QED) is 0.626. The summed E-state index contributed by atoms with van der Waals surface area (Å²) in [4.78, 5) is 32.6. The minimum atomic E-state index is -1.35. The fourth-order valence-electron chi connectivity index (χ4n) is 1.70. The van der Waals surface area contributed by atoms with Crippen LogP contribution in [0.25, 0.3) is 0 Å². The first-order valence-electron chi connectivity index (χ1n) is 5.20. The molecule has 98 valence electrons. The van der Waals surface area contributed by atoms with Gasteiger partial charge >= 0.3 is 17.9 Å². The molecule has 0 aliphatic rings. The lowest BCUT2D eigenvalue weighted by atomic mass is 9.71. The predicted molar refractivity (Wildman–Crippen MR) is 58.6 cm³/mol. The maximum absolute atomic E-state index is 11.1. The van der Waals surface area contributed by atoms with Crippen molar-refractivity contribution in [2.24, 2.45) is 10.8 Å². The molecule has 0 fully saturated rings. The highest BCUT2D eigenvalue weighted by molar-refractivity contribution is 5.79. The molecule has 0 aromatic heterocycles. The maximum Gasteiger partial charge on any atom is 0.309 e. The topological polar surface area (TPSA) is 112 Å². The van der Waals surface area contributed by atoms with Gasteiger partial charge in [-0.15, -0.1) is 0 Å². The van der Waals surface area contributed by atoms with E-state index in [1.807, 2.05) is 0 Å². The van der Waals surface area contributed by atoms with E-state index in [9.17, 15) is 14.4 Å². The van der Waals surface area contributed by atoms with Crippen LogP contribution in [0.1, 0.15) is 40.0 Å². The van der Waals surface area contributed by atoms with Gasteiger partial charge in [0.25, 0.3) is 0 Å². The minimum Gasteiger partial charge on any atom is -0.481 e. The lowest BCUT2D eigenvalue weighted by molar-refractivity contribution is -0.156. The van der Waals surface area contributed by atoms with Gasteiger partial charge in [0, 0.05) is 6.42 Å². The van der Waals surface area contributed by atoms with Gasteiger partial charge in [-0.05, 0) is 33.6 Å². The van der Waals surface area contributed by atoms with Crippen LogP contribution in [0.4, 0.5) is 0 Å². The van der Waals surface area contributed by atoms with Crippen molar-refractivity contribution in [3.8, 4) is 0 Å². The molecule has 0 saturated heterocycles. The molecule has 0 aliphatic carbocycles. The standard InChI is InChI=1S/C11H18O6/c1-10(2,8(14)15)6-11(3,9(16)17)5-4-7(12)13/h4-6H2,1-3H3,(H,12,13)(H,14,15)(H,16,17). The lowest BCUT2D eigenvalue weighted by Gasteiger charge is -2.31. The zero-order valence-corrected chi connectivity index (χ0v) is 10.2. The average molecular weight is 246 g/mol. The summed E-state index contributed by atoms with van der Waals surface area (Å²) in [5, 5.41) is 26.6. The van der Waals surface area contributed by atoms with E-state index in [0.717, 1.165) is 0 Å². The van der Waals surface area contributed by atoms with E-state index in [1.54, 1.807) is 0 Å². The van der Waals surface area contributed by atoms with Crippen LogP contribution in [-0.4, -0.2) is 33.2 Å². The lowest BCUT2D eigenvalue weighted by Crippen LogP contribution is -2.37. The van der Waals surface area contributed by atoms with E-state index < -0.39 is 28.7 Å². The van der Waals surface area contributed by atoms with Crippen molar-refractivity contribution in [2.45, 2.75) is 40.0 Å². The zero-order chi connectivity index (χ0) is 13.9. The highest BCUT2D eigenvalue weighted by atomic mass is 16.4. The molecule has 6 nitrogen and oxygen atoms in total. The molecule has 6 heteroatoms. The molecular formula is C11H18O6. The first-order chi connectivity index (χ1) is 7.51. The molecule has 3 N–H and O–H groups in total. The molecule has 0 saturated carbocycles. The van der Waals surface area contributed by atoms with Gasteiger partial charge in [0.15, 0.2) is 0 Å². The second kappa shape index (κ2) is 5.16. The van der Waals surface area contributed by atoms with Crippen molar-refractivity contribution >= 4 is 17.9 Å². The normalized spacial score (nSPS) is 15.0. The Bertz CT molecular complexity index is 333. The van der Waals surface area contributed by atoms with E-state index in [0.29, 0.717) is 0 Å². The third kappa shape index (κ3) is 4.42. The van der Waals surface area contributed by atoms with E-state index in [4.69, 9.17) is 15.3 Å². The van der Waals surface area contributed by atoms with Gasteiger partial charge in [0.2, 0.25) is 0 Å². The van der Waals surface area contributed by atoms with Gasteiger partial charge in [0.1, 0.15) is 0 Å². The number of hydrogen-bond acceptors (Lipinski definition) is 3. The van der Waals surface area contributed by atoms with Crippen molar-refractivity contribution in [1.29, 1.82) is 0 Å². The Hall–Kier alpha value is -1.59. The summed E-state index contributed by atoms with van der Waals surface area (Å²) in [6.45, 7) is 4.23. The summed E-state index contributed by atoms with van der Waals surface area (Å²) >= 11 is 0. The predicted octanol–water partition coefficient (Wildman–Crippen LogP) is 1.44. The number of hydrogen-bond donors (Lipinski definition) is 3. The maximum atomic E-state index is 11.1. The molecular weight excluding hydrogens is 228 g/mol. The van der Waals surface area contributed by atoms with Crippen LogP contribution in [0.3, 0.4) is 0 Å². The van der Waals surface area contributed by atoms with Crippen LogP contribution >= 0.6 is 0 Å². The van der Waals surface area contributed by atoms with E-state index in [-0.39, 0.29) is 19.3 Å². The monoisotopic (exact) mass is 246 g/mol. The zero-order valence-electron chi connectivity index (χ0n) is 10.2. The first-order valence-corrected chi connectivity index (χ1v) is 5.20. The Balaban J connectivity index is 4.91. The number of rotatable bonds is 7. The highest BCUT2D eigenvalue weighted by Gasteiger charge is 2.42.